The molecule has 2 amide bonds. The van der Waals surface area contributed by atoms with Crippen molar-refractivity contribution in [2.75, 3.05) is 7.11 Å². The molecule has 10 heteroatoms. The Morgan fingerprint density at radius 1 is 1.24 bits per heavy atom. The highest BCUT2D eigenvalue weighted by atomic mass is 35.5. The van der Waals surface area contributed by atoms with E-state index in [1.807, 2.05) is 30.3 Å². The third-order valence-electron chi connectivity index (χ3n) is 4.16. The smallest absolute Gasteiger partial charge is 0.255 e. The molecule has 0 spiro atoms. The van der Waals surface area contributed by atoms with E-state index in [9.17, 15) is 9.59 Å². The van der Waals surface area contributed by atoms with Gasteiger partial charge in [-0.15, -0.1) is 5.10 Å². The number of hydrogen-bond acceptors (Lipinski definition) is 6. The fourth-order valence-electron chi connectivity index (χ4n) is 2.61. The van der Waals surface area contributed by atoms with E-state index in [4.69, 9.17) is 16.3 Å². The molecular weight excluding hydrogens is 396 g/mol. The van der Waals surface area contributed by atoms with Crippen molar-refractivity contribution in [2.45, 2.75) is 19.5 Å². The van der Waals surface area contributed by atoms with Crippen LogP contribution < -0.4 is 15.4 Å². The normalized spacial score (nSPS) is 11.6. The van der Waals surface area contributed by atoms with Crippen LogP contribution in [0.3, 0.4) is 0 Å². The number of carbonyl (C=O) groups is 2. The fourth-order valence-corrected chi connectivity index (χ4v) is 2.86. The molecule has 3 rings (SSSR count). The second-order valence-corrected chi connectivity index (χ2v) is 6.56. The van der Waals surface area contributed by atoms with E-state index >= 15 is 0 Å². The van der Waals surface area contributed by atoms with Gasteiger partial charge in [0, 0.05) is 12.6 Å². The van der Waals surface area contributed by atoms with E-state index in [0.29, 0.717) is 12.2 Å². The Morgan fingerprint density at radius 2 is 2.00 bits per heavy atom. The van der Waals surface area contributed by atoms with E-state index in [1.165, 1.54) is 24.2 Å². The quantitative estimate of drug-likeness (QED) is 0.609. The third-order valence-corrected chi connectivity index (χ3v) is 4.46. The second-order valence-electron chi connectivity index (χ2n) is 6.16. The summed E-state index contributed by atoms with van der Waals surface area (Å²) in [5, 5.41) is 16.6. The molecule has 0 aliphatic heterocycles. The van der Waals surface area contributed by atoms with E-state index in [1.54, 1.807) is 13.0 Å². The Morgan fingerprint density at radius 3 is 2.66 bits per heavy atom. The highest BCUT2D eigenvalue weighted by Crippen LogP contribution is 2.29. The van der Waals surface area contributed by atoms with E-state index < -0.39 is 11.9 Å². The first-order valence-electron chi connectivity index (χ1n) is 8.73. The number of nitrogens with one attached hydrogen (secondary N) is 2. The molecule has 0 fully saturated rings. The number of aromatic nitrogens is 4. The zero-order chi connectivity index (χ0) is 20.8. The van der Waals surface area contributed by atoms with Crippen molar-refractivity contribution in [3.05, 3.63) is 64.9 Å². The fraction of sp³-hybridized carbons (Fsp3) is 0.211. The van der Waals surface area contributed by atoms with E-state index in [0.717, 1.165) is 5.56 Å². The summed E-state index contributed by atoms with van der Waals surface area (Å²) in [5.41, 5.74) is 1.61. The van der Waals surface area contributed by atoms with Gasteiger partial charge >= 0.3 is 0 Å². The average Bonchev–Trinajstić information content (AvgIpc) is 3.27. The molecule has 1 atom stereocenters. The van der Waals surface area contributed by atoms with Crippen molar-refractivity contribution in [1.29, 1.82) is 0 Å². The number of carbonyl (C=O) groups excluding carboxylic acids is 2. The van der Waals surface area contributed by atoms with Crippen LogP contribution in [0.1, 0.15) is 22.8 Å². The van der Waals surface area contributed by atoms with Crippen LogP contribution in [-0.2, 0) is 11.3 Å². The Hall–Kier alpha value is -3.46. The molecule has 1 aromatic heterocycles. The molecule has 2 aromatic carbocycles. The number of halogens is 1. The van der Waals surface area contributed by atoms with Gasteiger partial charge in [-0.1, -0.05) is 41.9 Å². The summed E-state index contributed by atoms with van der Waals surface area (Å²) in [5.74, 6) is -0.527. The average molecular weight is 415 g/mol. The Balaban J connectivity index is 1.69. The van der Waals surface area contributed by atoms with Gasteiger partial charge in [0.25, 0.3) is 5.91 Å². The topological polar surface area (TPSA) is 111 Å². The van der Waals surface area contributed by atoms with Gasteiger partial charge in [-0.2, -0.15) is 4.68 Å². The Labute approximate surface area is 172 Å². The molecule has 29 heavy (non-hydrogen) atoms. The van der Waals surface area contributed by atoms with Crippen molar-refractivity contribution in [2.24, 2.45) is 0 Å². The van der Waals surface area contributed by atoms with Gasteiger partial charge in [-0.3, -0.25) is 9.59 Å². The summed E-state index contributed by atoms with van der Waals surface area (Å²) in [4.78, 5) is 25.0. The van der Waals surface area contributed by atoms with Crippen molar-refractivity contribution in [3.8, 4) is 11.4 Å². The van der Waals surface area contributed by atoms with Crippen LogP contribution in [0.25, 0.3) is 5.69 Å². The van der Waals surface area contributed by atoms with Gasteiger partial charge in [-0.05, 0) is 29.0 Å². The van der Waals surface area contributed by atoms with Crippen LogP contribution in [-0.4, -0.2) is 45.2 Å². The van der Waals surface area contributed by atoms with Gasteiger partial charge in [0.2, 0.25) is 5.91 Å². The standard InChI is InChI=1S/C19H19ClN6O3/c1-12(18(27)21-10-13-6-4-3-5-7-13)23-19(28)14-8-15(20)16(9-17(14)29-2)26-11-22-24-25-26/h3-9,11-12H,10H2,1-2H3,(H,21,27)(H,23,28). The Kier molecular flexibility index (Phi) is 6.40. The largest absolute Gasteiger partial charge is 0.496 e. The van der Waals surface area contributed by atoms with Crippen molar-refractivity contribution in [1.82, 2.24) is 30.8 Å². The molecular formula is C19H19ClN6O3. The highest BCUT2D eigenvalue weighted by molar-refractivity contribution is 6.33. The lowest BCUT2D eigenvalue weighted by Gasteiger charge is -2.16. The molecule has 0 aliphatic carbocycles. The first-order valence-corrected chi connectivity index (χ1v) is 9.10. The molecule has 9 nitrogen and oxygen atoms in total. The summed E-state index contributed by atoms with van der Waals surface area (Å²) in [6.07, 6.45) is 1.37. The first kappa shape index (κ1) is 20.3. The number of amides is 2. The molecule has 0 radical (unpaired) electrons. The minimum atomic E-state index is -0.756. The summed E-state index contributed by atoms with van der Waals surface area (Å²) in [6, 6.07) is 11.7. The van der Waals surface area contributed by atoms with Crippen molar-refractivity contribution >= 4 is 23.4 Å². The molecule has 2 N–H and O–H groups in total. The van der Waals surface area contributed by atoms with Gasteiger partial charge in [0.05, 0.1) is 23.4 Å². The zero-order valence-corrected chi connectivity index (χ0v) is 16.6. The van der Waals surface area contributed by atoms with Crippen molar-refractivity contribution < 1.29 is 14.3 Å². The highest BCUT2D eigenvalue weighted by Gasteiger charge is 2.21. The zero-order valence-electron chi connectivity index (χ0n) is 15.8. The maximum Gasteiger partial charge on any atom is 0.255 e. The number of tetrazole rings is 1. The van der Waals surface area contributed by atoms with Crippen LogP contribution in [0.15, 0.2) is 48.8 Å². The maximum absolute atomic E-state index is 12.7. The first-order chi connectivity index (χ1) is 14.0. The predicted molar refractivity (Wildman–Crippen MR) is 106 cm³/mol. The van der Waals surface area contributed by atoms with Crippen LogP contribution >= 0.6 is 11.6 Å². The SMILES string of the molecule is COc1cc(-n2cnnn2)c(Cl)cc1C(=O)NC(C)C(=O)NCc1ccccc1. The van der Waals surface area contributed by atoms with Gasteiger partial charge in [0.1, 0.15) is 18.1 Å². The summed E-state index contributed by atoms with van der Waals surface area (Å²) < 4.78 is 6.66. The van der Waals surface area contributed by atoms with Crippen LogP contribution in [0, 0.1) is 0 Å². The van der Waals surface area contributed by atoms with Crippen molar-refractivity contribution in [3.63, 3.8) is 0 Å². The third kappa shape index (κ3) is 4.88. The minimum absolute atomic E-state index is 0.192. The van der Waals surface area contributed by atoms with Crippen LogP contribution in [0.5, 0.6) is 5.75 Å². The molecule has 3 aromatic rings. The number of benzene rings is 2. The summed E-state index contributed by atoms with van der Waals surface area (Å²) in [6.45, 7) is 1.97. The minimum Gasteiger partial charge on any atom is -0.496 e. The predicted octanol–water partition coefficient (Wildman–Crippen LogP) is 1.76. The van der Waals surface area contributed by atoms with E-state index in [2.05, 4.69) is 26.2 Å². The number of ether oxygens (including phenoxy) is 1. The molecule has 1 heterocycles. The molecule has 0 aliphatic rings. The number of rotatable bonds is 7. The van der Waals surface area contributed by atoms with Gasteiger partial charge < -0.3 is 15.4 Å². The van der Waals surface area contributed by atoms with E-state index in [-0.39, 0.29) is 22.2 Å². The molecule has 0 bridgehead atoms. The summed E-state index contributed by atoms with van der Waals surface area (Å²) >= 11 is 6.28. The molecule has 0 saturated heterocycles. The van der Waals surface area contributed by atoms with Gasteiger partial charge in [0.15, 0.2) is 0 Å². The lowest BCUT2D eigenvalue weighted by atomic mass is 10.1. The molecule has 150 valence electrons. The van der Waals surface area contributed by atoms with Gasteiger partial charge in [-0.25, -0.2) is 0 Å². The van der Waals surface area contributed by atoms with Crippen LogP contribution in [0.4, 0.5) is 0 Å². The monoisotopic (exact) mass is 414 g/mol. The number of methoxy groups -OCH3 is 1. The number of nitrogens with zero attached hydrogens (tertiary/aromatic N) is 4. The number of hydrogen-bond donors (Lipinski definition) is 2. The summed E-state index contributed by atoms with van der Waals surface area (Å²) in [7, 11) is 1.43. The lowest BCUT2D eigenvalue weighted by Crippen LogP contribution is -2.44. The molecule has 0 saturated carbocycles. The second kappa shape index (κ2) is 9.16. The maximum atomic E-state index is 12.7. The lowest BCUT2D eigenvalue weighted by molar-refractivity contribution is -0.122. The van der Waals surface area contributed by atoms with Crippen LogP contribution in [0.2, 0.25) is 5.02 Å². The Bertz CT molecular complexity index is 995. The molecule has 1 unspecified atom stereocenters.